The molecule has 2 atom stereocenters. The topological polar surface area (TPSA) is 38.0 Å². The number of halogens is 1. The molecule has 0 saturated carbocycles. The Bertz CT molecular complexity index is 385. The summed E-state index contributed by atoms with van der Waals surface area (Å²) in [5, 5.41) is 4.86. The SMILES string of the molecule is CC1SCCCC1(CN)Nc1ccccc1Cl. The quantitative estimate of drug-likeness (QED) is 0.885. The molecular weight excluding hydrogens is 252 g/mol. The molecule has 17 heavy (non-hydrogen) atoms. The molecule has 1 heterocycles. The molecule has 2 rings (SSSR count). The van der Waals surface area contributed by atoms with E-state index in [2.05, 4.69) is 12.2 Å². The highest BCUT2D eigenvalue weighted by Crippen LogP contribution is 2.37. The molecule has 0 radical (unpaired) electrons. The summed E-state index contributed by atoms with van der Waals surface area (Å²) < 4.78 is 0. The summed E-state index contributed by atoms with van der Waals surface area (Å²) in [5.41, 5.74) is 6.98. The Hall–Kier alpha value is -0.380. The number of benzene rings is 1. The van der Waals surface area contributed by atoms with Crippen molar-refractivity contribution < 1.29 is 0 Å². The van der Waals surface area contributed by atoms with Gasteiger partial charge in [-0.05, 0) is 30.7 Å². The Kier molecular flexibility index (Phi) is 4.23. The molecular formula is C13H19ClN2S. The third kappa shape index (κ3) is 2.72. The van der Waals surface area contributed by atoms with E-state index in [4.69, 9.17) is 17.3 Å². The van der Waals surface area contributed by atoms with Crippen LogP contribution in [0, 0.1) is 0 Å². The highest BCUT2D eigenvalue weighted by Gasteiger charge is 2.37. The van der Waals surface area contributed by atoms with Gasteiger partial charge in [0.05, 0.1) is 16.2 Å². The third-order valence-corrected chi connectivity index (χ3v) is 5.34. The Balaban J connectivity index is 2.22. The zero-order valence-electron chi connectivity index (χ0n) is 10.1. The normalized spacial score (nSPS) is 29.0. The number of thioether (sulfide) groups is 1. The second-order valence-electron chi connectivity index (χ2n) is 4.58. The van der Waals surface area contributed by atoms with E-state index in [1.54, 1.807) is 0 Å². The molecule has 1 aromatic rings. The summed E-state index contributed by atoms with van der Waals surface area (Å²) in [6, 6.07) is 7.88. The van der Waals surface area contributed by atoms with E-state index in [0.29, 0.717) is 11.8 Å². The zero-order chi connectivity index (χ0) is 12.3. The van der Waals surface area contributed by atoms with Crippen molar-refractivity contribution in [2.75, 3.05) is 17.6 Å². The fourth-order valence-electron chi connectivity index (χ4n) is 2.32. The number of anilines is 1. The number of hydrogen-bond donors (Lipinski definition) is 2. The fourth-order valence-corrected chi connectivity index (χ4v) is 3.76. The van der Waals surface area contributed by atoms with Gasteiger partial charge in [-0.15, -0.1) is 0 Å². The highest BCUT2D eigenvalue weighted by molar-refractivity contribution is 8.00. The first-order valence-electron chi connectivity index (χ1n) is 6.02. The van der Waals surface area contributed by atoms with Crippen LogP contribution in [0.25, 0.3) is 0 Å². The molecule has 4 heteroatoms. The van der Waals surface area contributed by atoms with Gasteiger partial charge in [-0.25, -0.2) is 0 Å². The summed E-state index contributed by atoms with van der Waals surface area (Å²) in [4.78, 5) is 0. The number of rotatable bonds is 3. The van der Waals surface area contributed by atoms with Gasteiger partial charge in [0.25, 0.3) is 0 Å². The summed E-state index contributed by atoms with van der Waals surface area (Å²) in [5.74, 6) is 1.23. The standard InChI is InChI=1S/C13H19ClN2S/c1-10-13(9-15,7-4-8-17-10)16-12-6-3-2-5-11(12)14/h2-3,5-6,10,16H,4,7-9,15H2,1H3. The van der Waals surface area contributed by atoms with E-state index in [-0.39, 0.29) is 5.54 Å². The van der Waals surface area contributed by atoms with Crippen LogP contribution in [0.3, 0.4) is 0 Å². The van der Waals surface area contributed by atoms with Crippen LogP contribution in [-0.4, -0.2) is 23.1 Å². The van der Waals surface area contributed by atoms with Crippen molar-refractivity contribution in [2.24, 2.45) is 5.73 Å². The van der Waals surface area contributed by atoms with Crippen molar-refractivity contribution in [1.29, 1.82) is 0 Å². The largest absolute Gasteiger partial charge is 0.376 e. The average molecular weight is 271 g/mol. The van der Waals surface area contributed by atoms with Crippen molar-refractivity contribution in [3.63, 3.8) is 0 Å². The summed E-state index contributed by atoms with van der Waals surface area (Å²) in [6.45, 7) is 2.90. The predicted octanol–water partition coefficient (Wildman–Crippen LogP) is 3.36. The van der Waals surface area contributed by atoms with Crippen LogP contribution < -0.4 is 11.1 Å². The van der Waals surface area contributed by atoms with Crippen LogP contribution in [0.15, 0.2) is 24.3 Å². The van der Waals surface area contributed by atoms with E-state index >= 15 is 0 Å². The Labute approximate surface area is 112 Å². The summed E-state index contributed by atoms with van der Waals surface area (Å²) in [7, 11) is 0. The Morgan fingerprint density at radius 1 is 1.53 bits per heavy atom. The van der Waals surface area contributed by atoms with Crippen molar-refractivity contribution in [3.05, 3.63) is 29.3 Å². The van der Waals surface area contributed by atoms with Gasteiger partial charge < -0.3 is 11.1 Å². The second-order valence-corrected chi connectivity index (χ2v) is 6.44. The van der Waals surface area contributed by atoms with Crippen molar-refractivity contribution in [1.82, 2.24) is 0 Å². The van der Waals surface area contributed by atoms with Gasteiger partial charge in [-0.2, -0.15) is 11.8 Å². The van der Waals surface area contributed by atoms with E-state index < -0.39 is 0 Å². The van der Waals surface area contributed by atoms with E-state index in [1.807, 2.05) is 36.0 Å². The second kappa shape index (κ2) is 5.51. The maximum atomic E-state index is 6.20. The van der Waals surface area contributed by atoms with Gasteiger partial charge in [-0.1, -0.05) is 30.7 Å². The maximum absolute atomic E-state index is 6.20. The first kappa shape index (κ1) is 13.1. The van der Waals surface area contributed by atoms with Crippen molar-refractivity contribution in [3.8, 4) is 0 Å². The molecule has 1 aromatic carbocycles. The number of para-hydroxylation sites is 1. The first-order chi connectivity index (χ1) is 8.18. The minimum atomic E-state index is -0.0199. The lowest BCUT2D eigenvalue weighted by Gasteiger charge is -2.43. The highest BCUT2D eigenvalue weighted by atomic mass is 35.5. The average Bonchev–Trinajstić information content (AvgIpc) is 2.35. The van der Waals surface area contributed by atoms with Crippen LogP contribution in [0.5, 0.6) is 0 Å². The van der Waals surface area contributed by atoms with Gasteiger partial charge in [0.2, 0.25) is 0 Å². The van der Waals surface area contributed by atoms with Crippen LogP contribution in [0.2, 0.25) is 5.02 Å². The van der Waals surface area contributed by atoms with E-state index in [9.17, 15) is 0 Å². The van der Waals surface area contributed by atoms with Gasteiger partial charge in [-0.3, -0.25) is 0 Å². The maximum Gasteiger partial charge on any atom is 0.0637 e. The monoisotopic (exact) mass is 270 g/mol. The third-order valence-electron chi connectivity index (χ3n) is 3.53. The lowest BCUT2D eigenvalue weighted by atomic mass is 9.89. The lowest BCUT2D eigenvalue weighted by molar-refractivity contribution is 0.422. The van der Waals surface area contributed by atoms with Crippen LogP contribution in [0.4, 0.5) is 5.69 Å². The van der Waals surface area contributed by atoms with Gasteiger partial charge in [0.1, 0.15) is 0 Å². The fraction of sp³-hybridized carbons (Fsp3) is 0.538. The number of nitrogens with one attached hydrogen (secondary N) is 1. The minimum Gasteiger partial charge on any atom is -0.376 e. The Morgan fingerprint density at radius 3 is 2.94 bits per heavy atom. The molecule has 1 fully saturated rings. The zero-order valence-corrected chi connectivity index (χ0v) is 11.7. The van der Waals surface area contributed by atoms with E-state index in [0.717, 1.165) is 17.1 Å². The predicted molar refractivity (Wildman–Crippen MR) is 78.0 cm³/mol. The molecule has 0 amide bonds. The lowest BCUT2D eigenvalue weighted by Crippen LogP contribution is -2.54. The van der Waals surface area contributed by atoms with Crippen molar-refractivity contribution >= 4 is 29.1 Å². The van der Waals surface area contributed by atoms with Gasteiger partial charge in [0, 0.05) is 11.8 Å². The van der Waals surface area contributed by atoms with Crippen LogP contribution >= 0.6 is 23.4 Å². The molecule has 2 unspecified atom stereocenters. The molecule has 3 N–H and O–H groups in total. The van der Waals surface area contributed by atoms with E-state index in [1.165, 1.54) is 12.2 Å². The molecule has 0 bridgehead atoms. The molecule has 1 aliphatic rings. The number of hydrogen-bond acceptors (Lipinski definition) is 3. The summed E-state index contributed by atoms with van der Waals surface area (Å²) in [6.07, 6.45) is 2.33. The number of nitrogens with two attached hydrogens (primary N) is 1. The molecule has 1 aliphatic heterocycles. The van der Waals surface area contributed by atoms with Crippen molar-refractivity contribution in [2.45, 2.75) is 30.6 Å². The molecule has 2 nitrogen and oxygen atoms in total. The van der Waals surface area contributed by atoms with Gasteiger partial charge >= 0.3 is 0 Å². The molecule has 0 aromatic heterocycles. The molecule has 0 aliphatic carbocycles. The van der Waals surface area contributed by atoms with Crippen LogP contribution in [0.1, 0.15) is 19.8 Å². The first-order valence-corrected chi connectivity index (χ1v) is 7.45. The smallest absolute Gasteiger partial charge is 0.0637 e. The molecule has 1 saturated heterocycles. The molecule has 0 spiro atoms. The van der Waals surface area contributed by atoms with Gasteiger partial charge in [0.15, 0.2) is 0 Å². The molecule has 94 valence electrons. The van der Waals surface area contributed by atoms with Crippen LogP contribution in [-0.2, 0) is 0 Å². The Morgan fingerprint density at radius 2 is 2.29 bits per heavy atom. The summed E-state index contributed by atoms with van der Waals surface area (Å²) >= 11 is 8.19. The minimum absolute atomic E-state index is 0.0199.